The van der Waals surface area contributed by atoms with Gasteiger partial charge in [-0.25, -0.2) is 4.98 Å². The number of imidazole rings is 1. The van der Waals surface area contributed by atoms with E-state index >= 15 is 0 Å². The van der Waals surface area contributed by atoms with Gasteiger partial charge in [0.2, 0.25) is 0 Å². The van der Waals surface area contributed by atoms with Gasteiger partial charge in [-0.05, 0) is 63.2 Å². The summed E-state index contributed by atoms with van der Waals surface area (Å²) in [6, 6.07) is 60.4. The summed E-state index contributed by atoms with van der Waals surface area (Å²) in [5.41, 5.74) is 18.1. The lowest BCUT2D eigenvalue weighted by molar-refractivity contribution is 0.793. The van der Waals surface area contributed by atoms with Crippen molar-refractivity contribution >= 4 is 49.4 Å². The Morgan fingerprint density at radius 2 is 0.959 bits per heavy atom. The molecule has 49 heavy (non-hydrogen) atoms. The van der Waals surface area contributed by atoms with E-state index in [-0.39, 0.29) is 0 Å². The monoisotopic (exact) mass is 621 g/mol. The van der Waals surface area contributed by atoms with Gasteiger partial charge in [-0.15, -0.1) is 0 Å². The summed E-state index contributed by atoms with van der Waals surface area (Å²) in [6.07, 6.45) is 0. The van der Waals surface area contributed by atoms with Crippen molar-refractivity contribution in [1.82, 2.24) is 14.0 Å². The van der Waals surface area contributed by atoms with E-state index in [1.807, 2.05) is 0 Å². The van der Waals surface area contributed by atoms with Gasteiger partial charge in [0.25, 0.3) is 0 Å². The van der Waals surface area contributed by atoms with Crippen molar-refractivity contribution in [3.63, 3.8) is 0 Å². The Morgan fingerprint density at radius 1 is 0.408 bits per heavy atom. The first-order valence-corrected chi connectivity index (χ1v) is 17.0. The number of para-hydroxylation sites is 3. The van der Waals surface area contributed by atoms with Gasteiger partial charge in [-0.2, -0.15) is 0 Å². The van der Waals surface area contributed by atoms with Crippen molar-refractivity contribution in [2.24, 2.45) is 0 Å². The molecule has 0 aliphatic heterocycles. The topological polar surface area (TPSA) is 22.2 Å². The Morgan fingerprint density at radius 3 is 1.71 bits per heavy atom. The smallest absolute Gasteiger partial charge is 0.146 e. The molecule has 0 saturated carbocycles. The number of nitrogens with zero attached hydrogens (tertiary/aromatic N) is 3. The van der Waals surface area contributed by atoms with E-state index in [1.54, 1.807) is 0 Å². The molecular formula is C46H27N3. The Labute approximate surface area is 281 Å². The Kier molecular flexibility index (Phi) is 4.66. The van der Waals surface area contributed by atoms with Gasteiger partial charge in [0.05, 0.1) is 38.7 Å². The third kappa shape index (κ3) is 2.91. The third-order valence-electron chi connectivity index (χ3n) is 11.3. The summed E-state index contributed by atoms with van der Waals surface area (Å²) in [5.74, 6) is 0. The van der Waals surface area contributed by atoms with Crippen LogP contribution < -0.4 is 0 Å². The van der Waals surface area contributed by atoms with Crippen LogP contribution in [0.4, 0.5) is 0 Å². The van der Waals surface area contributed by atoms with Crippen molar-refractivity contribution < 1.29 is 0 Å². The molecule has 0 amide bonds. The fourth-order valence-corrected chi connectivity index (χ4v) is 9.58. The lowest BCUT2D eigenvalue weighted by Gasteiger charge is -2.30. The molecule has 10 aromatic rings. The van der Waals surface area contributed by atoms with Crippen molar-refractivity contribution in [2.75, 3.05) is 0 Å². The number of hydrogen-bond acceptors (Lipinski definition) is 1. The Balaban J connectivity index is 1.31. The summed E-state index contributed by atoms with van der Waals surface area (Å²) >= 11 is 0. The van der Waals surface area contributed by atoms with E-state index < -0.39 is 5.41 Å². The van der Waals surface area contributed by atoms with E-state index in [2.05, 4.69) is 173 Å². The first-order valence-electron chi connectivity index (χ1n) is 17.0. The minimum absolute atomic E-state index is 0.399. The molecule has 3 nitrogen and oxygen atoms in total. The van der Waals surface area contributed by atoms with Gasteiger partial charge in [0, 0.05) is 21.7 Å². The predicted octanol–water partition coefficient (Wildman–Crippen LogP) is 11.1. The molecule has 3 heterocycles. The second-order valence-electron chi connectivity index (χ2n) is 13.4. The molecule has 12 rings (SSSR count). The molecule has 1 spiro atoms. The first kappa shape index (κ1) is 25.6. The molecule has 2 aliphatic carbocycles. The quantitative estimate of drug-likeness (QED) is 0.179. The normalized spacial score (nSPS) is 13.9. The standard InChI is InChI=1S/C46H27N3/c1-2-17-31-30(16-1)43-44(49-40-26-12-10-24-38(40)47-45(31)49)33-19-6-11-25-39(33)48(43)41-27-13-23-37-42(41)32-18-5-9-22-36(32)46(37)34-20-7-3-14-28(34)29-15-4-8-21-35(29)46/h1-27H. The molecule has 3 aromatic heterocycles. The molecule has 0 fully saturated rings. The van der Waals surface area contributed by atoms with Crippen LogP contribution in [-0.2, 0) is 5.41 Å². The lowest BCUT2D eigenvalue weighted by Crippen LogP contribution is -2.25. The number of benzene rings is 7. The second-order valence-corrected chi connectivity index (χ2v) is 13.4. The van der Waals surface area contributed by atoms with Gasteiger partial charge in [0.15, 0.2) is 0 Å². The minimum Gasteiger partial charge on any atom is -0.306 e. The number of pyridine rings is 1. The molecule has 0 atom stereocenters. The molecule has 0 saturated heterocycles. The van der Waals surface area contributed by atoms with E-state index in [9.17, 15) is 0 Å². The van der Waals surface area contributed by atoms with E-state index in [0.717, 1.165) is 22.1 Å². The average molecular weight is 622 g/mol. The fourth-order valence-electron chi connectivity index (χ4n) is 9.58. The molecule has 0 unspecified atom stereocenters. The number of rotatable bonds is 1. The zero-order valence-electron chi connectivity index (χ0n) is 26.4. The van der Waals surface area contributed by atoms with Crippen molar-refractivity contribution in [2.45, 2.75) is 5.41 Å². The molecule has 0 bridgehead atoms. The van der Waals surface area contributed by atoms with Crippen LogP contribution in [-0.4, -0.2) is 14.0 Å². The number of aromatic nitrogens is 3. The molecule has 226 valence electrons. The summed E-state index contributed by atoms with van der Waals surface area (Å²) in [7, 11) is 0. The van der Waals surface area contributed by atoms with Gasteiger partial charge in [0.1, 0.15) is 5.65 Å². The number of fused-ring (bicyclic) bond motifs is 20. The molecule has 0 radical (unpaired) electrons. The summed E-state index contributed by atoms with van der Waals surface area (Å²) in [5, 5.41) is 3.57. The van der Waals surface area contributed by atoms with Gasteiger partial charge in [-0.3, -0.25) is 4.40 Å². The van der Waals surface area contributed by atoms with Crippen LogP contribution in [0, 0.1) is 0 Å². The van der Waals surface area contributed by atoms with Crippen LogP contribution in [0.5, 0.6) is 0 Å². The maximum absolute atomic E-state index is 5.21. The van der Waals surface area contributed by atoms with Gasteiger partial charge >= 0.3 is 0 Å². The largest absolute Gasteiger partial charge is 0.306 e. The Hall–Kier alpha value is -6.45. The maximum atomic E-state index is 5.21. The van der Waals surface area contributed by atoms with Crippen molar-refractivity contribution in [1.29, 1.82) is 0 Å². The highest BCUT2D eigenvalue weighted by atomic mass is 15.1. The van der Waals surface area contributed by atoms with Crippen LogP contribution in [0.2, 0.25) is 0 Å². The highest BCUT2D eigenvalue weighted by molar-refractivity contribution is 6.22. The van der Waals surface area contributed by atoms with Crippen molar-refractivity contribution in [3.8, 4) is 27.9 Å². The molecular weight excluding hydrogens is 595 g/mol. The predicted molar refractivity (Wildman–Crippen MR) is 201 cm³/mol. The van der Waals surface area contributed by atoms with Crippen molar-refractivity contribution in [3.05, 3.63) is 186 Å². The second kappa shape index (κ2) is 8.91. The van der Waals surface area contributed by atoms with Crippen LogP contribution in [0.3, 0.4) is 0 Å². The SMILES string of the molecule is c1ccc2c(c1)-c1ccccc1C21c2ccccc2-c2c(-n3c4ccccc4c4c3c3ccccc3c3nc5ccccc5n34)cccc21. The zero-order chi connectivity index (χ0) is 31.8. The third-order valence-corrected chi connectivity index (χ3v) is 11.3. The number of hydrogen-bond donors (Lipinski definition) is 0. The van der Waals surface area contributed by atoms with E-state index in [4.69, 9.17) is 4.98 Å². The van der Waals surface area contributed by atoms with Crippen LogP contribution in [0.25, 0.3) is 77.3 Å². The fraction of sp³-hybridized carbons (Fsp3) is 0.0217. The summed E-state index contributed by atoms with van der Waals surface area (Å²) in [6.45, 7) is 0. The van der Waals surface area contributed by atoms with E-state index in [1.165, 1.54) is 77.5 Å². The zero-order valence-corrected chi connectivity index (χ0v) is 26.4. The highest BCUT2D eigenvalue weighted by Crippen LogP contribution is 2.63. The van der Waals surface area contributed by atoms with Crippen LogP contribution in [0.15, 0.2) is 164 Å². The van der Waals surface area contributed by atoms with Crippen LogP contribution in [0.1, 0.15) is 22.3 Å². The Bertz CT molecular complexity index is 3020. The van der Waals surface area contributed by atoms with Crippen LogP contribution >= 0.6 is 0 Å². The molecule has 7 aromatic carbocycles. The average Bonchev–Trinajstić information content (AvgIpc) is 3.89. The summed E-state index contributed by atoms with van der Waals surface area (Å²) in [4.78, 5) is 5.21. The summed E-state index contributed by atoms with van der Waals surface area (Å²) < 4.78 is 4.94. The van der Waals surface area contributed by atoms with E-state index in [0.29, 0.717) is 0 Å². The minimum atomic E-state index is -0.399. The molecule has 2 aliphatic rings. The molecule has 0 N–H and O–H groups in total. The van der Waals surface area contributed by atoms with Gasteiger partial charge in [-0.1, -0.05) is 140 Å². The maximum Gasteiger partial charge on any atom is 0.146 e. The highest BCUT2D eigenvalue weighted by Gasteiger charge is 2.52. The lowest BCUT2D eigenvalue weighted by atomic mass is 9.70. The van der Waals surface area contributed by atoms with Gasteiger partial charge < -0.3 is 4.57 Å². The first-order chi connectivity index (χ1) is 24.4. The molecule has 3 heteroatoms.